The maximum absolute atomic E-state index is 12.5. The van der Waals surface area contributed by atoms with Gasteiger partial charge in [-0.2, -0.15) is 0 Å². The van der Waals surface area contributed by atoms with E-state index in [1.54, 1.807) is 0 Å². The maximum Gasteiger partial charge on any atom is 0.239 e. The smallest absolute Gasteiger partial charge is 0.239 e. The van der Waals surface area contributed by atoms with E-state index in [1.165, 1.54) is 6.42 Å². The highest BCUT2D eigenvalue weighted by molar-refractivity contribution is 5.82. The van der Waals surface area contributed by atoms with Crippen LogP contribution in [0, 0.1) is 5.92 Å². The number of rotatable bonds is 3. The first-order valence-corrected chi connectivity index (χ1v) is 7.82. The molecule has 0 aliphatic carbocycles. The molecule has 116 valence electrons. The fourth-order valence-electron chi connectivity index (χ4n) is 3.19. The molecule has 5 nitrogen and oxygen atoms in total. The molecule has 0 aromatic rings. The van der Waals surface area contributed by atoms with Crippen LogP contribution in [0.2, 0.25) is 0 Å². The minimum atomic E-state index is -0.660. The van der Waals surface area contributed by atoms with Crippen LogP contribution in [0.1, 0.15) is 33.6 Å². The van der Waals surface area contributed by atoms with E-state index in [4.69, 9.17) is 0 Å². The normalized spacial score (nSPS) is 29.5. The zero-order valence-corrected chi connectivity index (χ0v) is 13.1. The van der Waals surface area contributed by atoms with E-state index in [0.29, 0.717) is 12.5 Å². The first-order valence-electron chi connectivity index (χ1n) is 7.82. The van der Waals surface area contributed by atoms with E-state index in [0.717, 1.165) is 39.1 Å². The van der Waals surface area contributed by atoms with Crippen molar-refractivity contribution in [3.05, 3.63) is 0 Å². The first-order chi connectivity index (χ1) is 9.35. The molecule has 0 saturated carbocycles. The molecular weight excluding hydrogens is 254 g/mol. The number of carbonyl (C=O) groups excluding carboxylic acids is 1. The van der Waals surface area contributed by atoms with Gasteiger partial charge in [0.25, 0.3) is 0 Å². The second-order valence-corrected chi connectivity index (χ2v) is 7.05. The van der Waals surface area contributed by atoms with Crippen LogP contribution in [0.15, 0.2) is 0 Å². The maximum atomic E-state index is 12.5. The average molecular weight is 283 g/mol. The minimum Gasteiger partial charge on any atom is -0.389 e. The lowest BCUT2D eigenvalue weighted by Gasteiger charge is -2.39. The standard InChI is InChI=1S/C15H29N3O2/c1-12-4-5-16-13(10-12)14(19)18-8-6-17(7-9-18)11-15(2,3)20/h12-13,16,20H,4-11H2,1-3H3. The number of piperazine rings is 1. The summed E-state index contributed by atoms with van der Waals surface area (Å²) >= 11 is 0. The number of nitrogens with one attached hydrogen (secondary N) is 1. The SMILES string of the molecule is CC1CCNC(C(=O)N2CCN(CC(C)(C)O)CC2)C1. The molecule has 2 heterocycles. The molecule has 0 aromatic carbocycles. The van der Waals surface area contributed by atoms with Crippen molar-refractivity contribution in [2.45, 2.75) is 45.3 Å². The number of hydrogen-bond acceptors (Lipinski definition) is 4. The van der Waals surface area contributed by atoms with Crippen molar-refractivity contribution in [1.82, 2.24) is 15.1 Å². The number of nitrogens with zero attached hydrogens (tertiary/aromatic N) is 2. The molecule has 2 rings (SSSR count). The largest absolute Gasteiger partial charge is 0.389 e. The van der Waals surface area contributed by atoms with Crippen LogP contribution >= 0.6 is 0 Å². The summed E-state index contributed by atoms with van der Waals surface area (Å²) in [6.07, 6.45) is 2.13. The Labute approximate surface area is 122 Å². The predicted octanol–water partition coefficient (Wildman–Crippen LogP) is 0.290. The Morgan fingerprint density at radius 2 is 1.95 bits per heavy atom. The fourth-order valence-corrected chi connectivity index (χ4v) is 3.19. The van der Waals surface area contributed by atoms with E-state index < -0.39 is 5.60 Å². The Morgan fingerprint density at radius 1 is 1.30 bits per heavy atom. The summed E-state index contributed by atoms with van der Waals surface area (Å²) in [6, 6.07) is 0.0135. The van der Waals surface area contributed by atoms with Crippen molar-refractivity contribution in [3.8, 4) is 0 Å². The third-order valence-electron chi connectivity index (χ3n) is 4.26. The van der Waals surface area contributed by atoms with Gasteiger partial charge in [-0.05, 0) is 39.2 Å². The number of hydrogen-bond donors (Lipinski definition) is 2. The van der Waals surface area contributed by atoms with E-state index in [-0.39, 0.29) is 11.9 Å². The minimum absolute atomic E-state index is 0.0135. The van der Waals surface area contributed by atoms with Crippen LogP contribution in [0.25, 0.3) is 0 Å². The molecule has 2 saturated heterocycles. The summed E-state index contributed by atoms with van der Waals surface area (Å²) < 4.78 is 0. The molecule has 1 amide bonds. The molecule has 0 bridgehead atoms. The van der Waals surface area contributed by atoms with Crippen LogP contribution in [0.3, 0.4) is 0 Å². The highest BCUT2D eigenvalue weighted by Gasteiger charge is 2.31. The van der Waals surface area contributed by atoms with Crippen LogP contribution in [-0.4, -0.2) is 71.7 Å². The van der Waals surface area contributed by atoms with Gasteiger partial charge in [-0.1, -0.05) is 6.92 Å². The van der Waals surface area contributed by atoms with Crippen molar-refractivity contribution >= 4 is 5.91 Å². The zero-order chi connectivity index (χ0) is 14.8. The van der Waals surface area contributed by atoms with E-state index in [9.17, 15) is 9.90 Å². The number of amides is 1. The van der Waals surface area contributed by atoms with Gasteiger partial charge in [-0.3, -0.25) is 9.69 Å². The van der Waals surface area contributed by atoms with Gasteiger partial charge in [0.05, 0.1) is 11.6 Å². The topological polar surface area (TPSA) is 55.8 Å². The monoisotopic (exact) mass is 283 g/mol. The van der Waals surface area contributed by atoms with Crippen LogP contribution in [0.4, 0.5) is 0 Å². The van der Waals surface area contributed by atoms with Crippen LogP contribution in [0.5, 0.6) is 0 Å². The number of aliphatic hydroxyl groups is 1. The highest BCUT2D eigenvalue weighted by Crippen LogP contribution is 2.17. The second kappa shape index (κ2) is 6.41. The van der Waals surface area contributed by atoms with Gasteiger partial charge < -0.3 is 15.3 Å². The van der Waals surface area contributed by atoms with Gasteiger partial charge in [0, 0.05) is 32.7 Å². The summed E-state index contributed by atoms with van der Waals surface area (Å²) in [5, 5.41) is 13.2. The average Bonchev–Trinajstić information content (AvgIpc) is 2.37. The van der Waals surface area contributed by atoms with Gasteiger partial charge in [-0.15, -0.1) is 0 Å². The van der Waals surface area contributed by atoms with Crippen molar-refractivity contribution in [2.75, 3.05) is 39.3 Å². The Hall–Kier alpha value is -0.650. The fraction of sp³-hybridized carbons (Fsp3) is 0.933. The lowest BCUT2D eigenvalue weighted by molar-refractivity contribution is -0.136. The van der Waals surface area contributed by atoms with Gasteiger partial charge in [0.15, 0.2) is 0 Å². The van der Waals surface area contributed by atoms with Gasteiger partial charge in [-0.25, -0.2) is 0 Å². The molecule has 2 fully saturated rings. The molecule has 2 unspecified atom stereocenters. The molecular formula is C15H29N3O2. The summed E-state index contributed by atoms with van der Waals surface area (Å²) in [4.78, 5) is 16.7. The summed E-state index contributed by atoms with van der Waals surface area (Å²) in [5.74, 6) is 0.904. The summed E-state index contributed by atoms with van der Waals surface area (Å²) in [7, 11) is 0. The summed E-state index contributed by atoms with van der Waals surface area (Å²) in [6.45, 7) is 10.8. The number of β-amino-alcohol motifs (C(OH)–C–C–N with tert-alkyl or cyclic N) is 1. The van der Waals surface area contributed by atoms with Crippen LogP contribution in [-0.2, 0) is 4.79 Å². The predicted molar refractivity (Wildman–Crippen MR) is 79.5 cm³/mol. The van der Waals surface area contributed by atoms with Crippen molar-refractivity contribution in [2.24, 2.45) is 5.92 Å². The molecule has 2 aliphatic rings. The highest BCUT2D eigenvalue weighted by atomic mass is 16.3. The Kier molecular flexibility index (Phi) is 5.04. The van der Waals surface area contributed by atoms with E-state index in [1.807, 2.05) is 18.7 Å². The number of carbonyl (C=O) groups is 1. The quantitative estimate of drug-likeness (QED) is 0.782. The van der Waals surface area contributed by atoms with Gasteiger partial charge >= 0.3 is 0 Å². The molecule has 2 N–H and O–H groups in total. The van der Waals surface area contributed by atoms with E-state index in [2.05, 4.69) is 17.1 Å². The zero-order valence-electron chi connectivity index (χ0n) is 13.1. The molecule has 0 aromatic heterocycles. The second-order valence-electron chi connectivity index (χ2n) is 7.05. The third kappa shape index (κ3) is 4.43. The summed E-state index contributed by atoms with van der Waals surface area (Å²) in [5.41, 5.74) is -0.660. The Morgan fingerprint density at radius 3 is 2.50 bits per heavy atom. The van der Waals surface area contributed by atoms with Crippen molar-refractivity contribution in [1.29, 1.82) is 0 Å². The van der Waals surface area contributed by atoms with Gasteiger partial charge in [0.2, 0.25) is 5.91 Å². The molecule has 5 heteroatoms. The van der Waals surface area contributed by atoms with Gasteiger partial charge in [0.1, 0.15) is 0 Å². The molecule has 0 spiro atoms. The molecule has 2 aliphatic heterocycles. The third-order valence-corrected chi connectivity index (χ3v) is 4.26. The van der Waals surface area contributed by atoms with Crippen molar-refractivity contribution in [3.63, 3.8) is 0 Å². The molecule has 2 atom stereocenters. The lowest BCUT2D eigenvalue weighted by Crippen LogP contribution is -2.56. The van der Waals surface area contributed by atoms with E-state index >= 15 is 0 Å². The molecule has 0 radical (unpaired) electrons. The Balaban J connectivity index is 1.79. The Bertz CT molecular complexity index is 333. The first kappa shape index (κ1) is 15.7. The van der Waals surface area contributed by atoms with Crippen molar-refractivity contribution < 1.29 is 9.90 Å². The number of piperidine rings is 1. The molecule has 20 heavy (non-hydrogen) atoms. The lowest BCUT2D eigenvalue weighted by atomic mass is 9.93. The van der Waals surface area contributed by atoms with Crippen LogP contribution < -0.4 is 5.32 Å².